The molecule has 0 aromatic rings. The molecule has 1 saturated heterocycles. The van der Waals surface area contributed by atoms with Crippen LogP contribution in [0.3, 0.4) is 0 Å². The van der Waals surface area contributed by atoms with E-state index in [2.05, 4.69) is 42.8 Å². The molecule has 3 heteroatoms. The second-order valence-corrected chi connectivity index (χ2v) is 6.10. The van der Waals surface area contributed by atoms with E-state index in [1.54, 1.807) is 0 Å². The summed E-state index contributed by atoms with van der Waals surface area (Å²) >= 11 is 0. The minimum absolute atomic E-state index is 0.671. The highest BCUT2D eigenvalue weighted by Gasteiger charge is 2.14. The molecule has 0 bridgehead atoms. The van der Waals surface area contributed by atoms with Gasteiger partial charge in [0.25, 0.3) is 0 Å². The van der Waals surface area contributed by atoms with Gasteiger partial charge in [-0.1, -0.05) is 20.8 Å². The second-order valence-electron chi connectivity index (χ2n) is 6.10. The molecule has 1 N–H and O–H groups in total. The van der Waals surface area contributed by atoms with Crippen LogP contribution in [-0.2, 0) is 0 Å². The van der Waals surface area contributed by atoms with Gasteiger partial charge >= 0.3 is 0 Å². The molecule has 0 aromatic heterocycles. The summed E-state index contributed by atoms with van der Waals surface area (Å²) in [6.07, 6.45) is 2.64. The van der Waals surface area contributed by atoms with Gasteiger partial charge in [0.05, 0.1) is 0 Å². The first kappa shape index (κ1) is 15.9. The minimum Gasteiger partial charge on any atom is -0.313 e. The second kappa shape index (κ2) is 8.89. The van der Waals surface area contributed by atoms with Crippen LogP contribution >= 0.6 is 0 Å². The molecular formula is C15H33N3. The molecule has 1 unspecified atom stereocenters. The van der Waals surface area contributed by atoms with Crippen molar-refractivity contribution in [1.29, 1.82) is 0 Å². The van der Waals surface area contributed by atoms with E-state index in [1.807, 2.05) is 0 Å². The maximum atomic E-state index is 3.66. The van der Waals surface area contributed by atoms with Gasteiger partial charge in [-0.05, 0) is 32.2 Å². The molecule has 108 valence electrons. The van der Waals surface area contributed by atoms with Crippen molar-refractivity contribution in [1.82, 2.24) is 15.1 Å². The van der Waals surface area contributed by atoms with Gasteiger partial charge < -0.3 is 10.2 Å². The van der Waals surface area contributed by atoms with Gasteiger partial charge in [0.15, 0.2) is 0 Å². The van der Waals surface area contributed by atoms with E-state index in [1.165, 1.54) is 52.1 Å². The quantitative estimate of drug-likeness (QED) is 0.716. The fourth-order valence-corrected chi connectivity index (χ4v) is 2.48. The SMILES string of the molecule is CCN1CCN(CCNC(C)CCC(C)C)CC1. The van der Waals surface area contributed by atoms with Gasteiger partial charge in [-0.15, -0.1) is 0 Å². The average molecular weight is 255 g/mol. The van der Waals surface area contributed by atoms with E-state index in [0.717, 1.165) is 12.5 Å². The molecule has 0 aromatic carbocycles. The molecule has 0 amide bonds. The van der Waals surface area contributed by atoms with Crippen molar-refractivity contribution in [2.24, 2.45) is 5.92 Å². The van der Waals surface area contributed by atoms with Crippen molar-refractivity contribution in [2.45, 2.75) is 46.6 Å². The number of hydrogen-bond donors (Lipinski definition) is 1. The van der Waals surface area contributed by atoms with Crippen LogP contribution in [0.25, 0.3) is 0 Å². The summed E-state index contributed by atoms with van der Waals surface area (Å²) in [7, 11) is 0. The Balaban J connectivity index is 2.01. The van der Waals surface area contributed by atoms with Crippen LogP contribution < -0.4 is 5.32 Å². The summed E-state index contributed by atoms with van der Waals surface area (Å²) in [5, 5.41) is 3.66. The molecule has 0 aliphatic carbocycles. The van der Waals surface area contributed by atoms with Crippen molar-refractivity contribution in [3.63, 3.8) is 0 Å². The van der Waals surface area contributed by atoms with E-state index in [-0.39, 0.29) is 0 Å². The van der Waals surface area contributed by atoms with Crippen LogP contribution in [0.4, 0.5) is 0 Å². The molecule has 0 saturated carbocycles. The highest BCUT2D eigenvalue weighted by Crippen LogP contribution is 2.06. The first-order valence-electron chi connectivity index (χ1n) is 7.80. The maximum absolute atomic E-state index is 3.66. The van der Waals surface area contributed by atoms with Crippen LogP contribution in [0, 0.1) is 5.92 Å². The number of piperazine rings is 1. The van der Waals surface area contributed by atoms with Gasteiger partial charge in [0, 0.05) is 45.3 Å². The maximum Gasteiger partial charge on any atom is 0.0110 e. The van der Waals surface area contributed by atoms with E-state index < -0.39 is 0 Å². The van der Waals surface area contributed by atoms with Gasteiger partial charge in [-0.25, -0.2) is 0 Å². The number of nitrogens with zero attached hydrogens (tertiary/aromatic N) is 2. The van der Waals surface area contributed by atoms with E-state index >= 15 is 0 Å². The zero-order chi connectivity index (χ0) is 13.4. The van der Waals surface area contributed by atoms with Crippen LogP contribution in [0.1, 0.15) is 40.5 Å². The number of hydrogen-bond acceptors (Lipinski definition) is 3. The van der Waals surface area contributed by atoms with Crippen molar-refractivity contribution in [2.75, 3.05) is 45.8 Å². The molecule has 3 nitrogen and oxygen atoms in total. The first-order chi connectivity index (χ1) is 8.61. The lowest BCUT2D eigenvalue weighted by atomic mass is 10.0. The van der Waals surface area contributed by atoms with Crippen molar-refractivity contribution in [3.05, 3.63) is 0 Å². The predicted octanol–water partition coefficient (Wildman–Crippen LogP) is 2.04. The van der Waals surface area contributed by atoms with Gasteiger partial charge in [0.1, 0.15) is 0 Å². The standard InChI is InChI=1S/C15H33N3/c1-5-17-10-12-18(13-11-17)9-8-16-15(4)7-6-14(2)3/h14-16H,5-13H2,1-4H3. The molecule has 1 aliphatic rings. The Hall–Kier alpha value is -0.120. The predicted molar refractivity (Wildman–Crippen MR) is 80.1 cm³/mol. The van der Waals surface area contributed by atoms with Gasteiger partial charge in [0.2, 0.25) is 0 Å². The minimum atomic E-state index is 0.671. The lowest BCUT2D eigenvalue weighted by molar-refractivity contribution is 0.137. The zero-order valence-electron chi connectivity index (χ0n) is 12.9. The summed E-state index contributed by atoms with van der Waals surface area (Å²) in [5.74, 6) is 0.830. The van der Waals surface area contributed by atoms with Crippen molar-refractivity contribution >= 4 is 0 Å². The Morgan fingerprint density at radius 3 is 2.11 bits per heavy atom. The first-order valence-corrected chi connectivity index (χ1v) is 7.80. The van der Waals surface area contributed by atoms with E-state index in [4.69, 9.17) is 0 Å². The molecule has 1 atom stereocenters. The fourth-order valence-electron chi connectivity index (χ4n) is 2.48. The Morgan fingerprint density at radius 2 is 1.56 bits per heavy atom. The zero-order valence-corrected chi connectivity index (χ0v) is 12.9. The molecule has 1 aliphatic heterocycles. The third-order valence-corrected chi connectivity index (χ3v) is 4.01. The lowest BCUT2D eigenvalue weighted by Gasteiger charge is -2.34. The highest BCUT2D eigenvalue weighted by molar-refractivity contribution is 4.72. The summed E-state index contributed by atoms with van der Waals surface area (Å²) in [6, 6.07) is 0.671. The number of rotatable bonds is 8. The topological polar surface area (TPSA) is 18.5 Å². The Labute approximate surface area is 114 Å². The summed E-state index contributed by atoms with van der Waals surface area (Å²) in [6.45, 7) is 17.7. The smallest absolute Gasteiger partial charge is 0.0110 e. The third kappa shape index (κ3) is 6.72. The van der Waals surface area contributed by atoms with Gasteiger partial charge in [-0.2, -0.15) is 0 Å². The number of nitrogens with one attached hydrogen (secondary N) is 1. The summed E-state index contributed by atoms with van der Waals surface area (Å²) in [5.41, 5.74) is 0. The largest absolute Gasteiger partial charge is 0.313 e. The molecule has 0 spiro atoms. The Kier molecular flexibility index (Phi) is 7.87. The van der Waals surface area contributed by atoms with Crippen LogP contribution in [0.2, 0.25) is 0 Å². The Morgan fingerprint density at radius 1 is 0.944 bits per heavy atom. The van der Waals surface area contributed by atoms with E-state index in [9.17, 15) is 0 Å². The normalized spacial score (nSPS) is 20.5. The lowest BCUT2D eigenvalue weighted by Crippen LogP contribution is -2.48. The number of likely N-dealkylation sites (N-methyl/N-ethyl adjacent to an activating group) is 1. The summed E-state index contributed by atoms with van der Waals surface area (Å²) < 4.78 is 0. The summed E-state index contributed by atoms with van der Waals surface area (Å²) in [4.78, 5) is 5.13. The molecule has 1 heterocycles. The molecule has 1 fully saturated rings. The molecule has 0 radical (unpaired) electrons. The van der Waals surface area contributed by atoms with Crippen LogP contribution in [0.15, 0.2) is 0 Å². The molecular weight excluding hydrogens is 222 g/mol. The molecule has 18 heavy (non-hydrogen) atoms. The van der Waals surface area contributed by atoms with Crippen LogP contribution in [-0.4, -0.2) is 61.7 Å². The van der Waals surface area contributed by atoms with Crippen molar-refractivity contribution < 1.29 is 0 Å². The van der Waals surface area contributed by atoms with E-state index in [0.29, 0.717) is 6.04 Å². The van der Waals surface area contributed by atoms with Crippen molar-refractivity contribution in [3.8, 4) is 0 Å². The Bertz CT molecular complexity index is 198. The van der Waals surface area contributed by atoms with Gasteiger partial charge in [-0.3, -0.25) is 4.90 Å². The monoisotopic (exact) mass is 255 g/mol. The molecule has 1 rings (SSSR count). The fraction of sp³-hybridized carbons (Fsp3) is 1.00. The van der Waals surface area contributed by atoms with Crippen LogP contribution in [0.5, 0.6) is 0 Å². The average Bonchev–Trinajstić information content (AvgIpc) is 2.37. The third-order valence-electron chi connectivity index (χ3n) is 4.01. The highest BCUT2D eigenvalue weighted by atomic mass is 15.3.